The number of hydrogen-bond donors (Lipinski definition) is 3. The molecule has 3 N–H and O–H groups in total. The van der Waals surface area contributed by atoms with E-state index in [1.165, 1.54) is 18.2 Å². The van der Waals surface area contributed by atoms with Gasteiger partial charge >= 0.3 is 0 Å². The van der Waals surface area contributed by atoms with Gasteiger partial charge in [-0.3, -0.25) is 15.0 Å². The Hall–Kier alpha value is -3.58. The van der Waals surface area contributed by atoms with Gasteiger partial charge < -0.3 is 15.3 Å². The molecule has 0 saturated heterocycles. The normalized spacial score (nSPS) is 11.2. The van der Waals surface area contributed by atoms with Crippen molar-refractivity contribution < 1.29 is 20.2 Å². The average molecular weight is 437 g/mol. The second kappa shape index (κ2) is 9.28. The van der Waals surface area contributed by atoms with Gasteiger partial charge in [0, 0.05) is 48.5 Å². The third-order valence-corrected chi connectivity index (χ3v) is 5.50. The second-order valence-electron chi connectivity index (χ2n) is 8.39. The zero-order valence-electron chi connectivity index (χ0n) is 18.7. The van der Waals surface area contributed by atoms with Crippen LogP contribution in [0.2, 0.25) is 0 Å². The van der Waals surface area contributed by atoms with Crippen LogP contribution in [0.4, 0.5) is 5.69 Å². The van der Waals surface area contributed by atoms with Gasteiger partial charge in [-0.1, -0.05) is 35.4 Å². The van der Waals surface area contributed by atoms with E-state index in [1.807, 2.05) is 56.9 Å². The molecule has 168 valence electrons. The molecule has 0 aromatic heterocycles. The van der Waals surface area contributed by atoms with Crippen LogP contribution in [0.3, 0.4) is 0 Å². The number of phenols is 3. The molecule has 0 atom stereocenters. The standard InChI is InChI=1S/C25H28N2O5/c1-15-7-17(3)24(29)20(9-15)13-26(14-21-10-16(2)8-18(4)25(21)30)12-19-11-22(27(31)32)5-6-23(19)28/h5-11,28-30H,12-14H2,1-4H3. The minimum absolute atomic E-state index is 0.0464. The Morgan fingerprint density at radius 1 is 0.750 bits per heavy atom. The van der Waals surface area contributed by atoms with Crippen molar-refractivity contribution in [2.45, 2.75) is 47.3 Å². The van der Waals surface area contributed by atoms with Crippen molar-refractivity contribution in [2.75, 3.05) is 0 Å². The highest BCUT2D eigenvalue weighted by Gasteiger charge is 2.18. The molecule has 0 amide bonds. The number of aryl methyl sites for hydroxylation is 4. The maximum Gasteiger partial charge on any atom is 0.270 e. The predicted octanol–water partition coefficient (Wildman–Crippen LogP) is 5.15. The van der Waals surface area contributed by atoms with Crippen molar-refractivity contribution in [3.63, 3.8) is 0 Å². The molecule has 0 fully saturated rings. The monoisotopic (exact) mass is 436 g/mol. The van der Waals surface area contributed by atoms with Crippen LogP contribution in [0, 0.1) is 37.8 Å². The first-order chi connectivity index (χ1) is 15.0. The van der Waals surface area contributed by atoms with E-state index in [2.05, 4.69) is 0 Å². The Kier molecular flexibility index (Phi) is 6.69. The van der Waals surface area contributed by atoms with Gasteiger partial charge in [0.15, 0.2) is 0 Å². The van der Waals surface area contributed by atoms with Crippen molar-refractivity contribution in [3.8, 4) is 17.2 Å². The van der Waals surface area contributed by atoms with E-state index in [0.717, 1.165) is 22.3 Å². The van der Waals surface area contributed by atoms with Gasteiger partial charge in [0.1, 0.15) is 17.2 Å². The molecular weight excluding hydrogens is 408 g/mol. The molecular formula is C25H28N2O5. The lowest BCUT2D eigenvalue weighted by Crippen LogP contribution is -2.23. The zero-order chi connectivity index (χ0) is 23.6. The van der Waals surface area contributed by atoms with Crippen LogP contribution in [-0.2, 0) is 19.6 Å². The molecule has 0 aliphatic heterocycles. The summed E-state index contributed by atoms with van der Waals surface area (Å²) in [6, 6.07) is 11.5. The molecule has 0 aliphatic rings. The number of non-ortho nitro benzene ring substituents is 1. The number of aromatic hydroxyl groups is 3. The Morgan fingerprint density at radius 3 is 1.69 bits per heavy atom. The summed E-state index contributed by atoms with van der Waals surface area (Å²) < 4.78 is 0. The number of hydrogen-bond acceptors (Lipinski definition) is 6. The Morgan fingerprint density at radius 2 is 1.22 bits per heavy atom. The van der Waals surface area contributed by atoms with E-state index >= 15 is 0 Å². The molecule has 0 aliphatic carbocycles. The van der Waals surface area contributed by atoms with Crippen LogP contribution in [0.15, 0.2) is 42.5 Å². The molecule has 0 bridgehead atoms. The van der Waals surface area contributed by atoms with E-state index in [9.17, 15) is 25.4 Å². The van der Waals surface area contributed by atoms with Crippen LogP contribution in [0.1, 0.15) is 38.9 Å². The van der Waals surface area contributed by atoms with Crippen LogP contribution >= 0.6 is 0 Å². The minimum Gasteiger partial charge on any atom is -0.508 e. The van der Waals surface area contributed by atoms with E-state index in [4.69, 9.17) is 0 Å². The summed E-state index contributed by atoms with van der Waals surface area (Å²) in [5.74, 6) is 0.330. The lowest BCUT2D eigenvalue weighted by Gasteiger charge is -2.25. The minimum atomic E-state index is -0.501. The van der Waals surface area contributed by atoms with Crippen LogP contribution in [-0.4, -0.2) is 25.1 Å². The van der Waals surface area contributed by atoms with Gasteiger partial charge in [-0.25, -0.2) is 0 Å². The number of nitrogens with zero attached hydrogens (tertiary/aromatic N) is 2. The third kappa shape index (κ3) is 5.18. The molecule has 7 nitrogen and oxygen atoms in total. The largest absolute Gasteiger partial charge is 0.508 e. The van der Waals surface area contributed by atoms with Gasteiger partial charge in [0.25, 0.3) is 5.69 Å². The first-order valence-corrected chi connectivity index (χ1v) is 10.3. The predicted molar refractivity (Wildman–Crippen MR) is 123 cm³/mol. The van der Waals surface area contributed by atoms with Crippen molar-refractivity contribution >= 4 is 5.69 Å². The molecule has 3 rings (SSSR count). The number of benzene rings is 3. The van der Waals surface area contributed by atoms with E-state index in [1.54, 1.807) is 0 Å². The molecule has 3 aromatic rings. The van der Waals surface area contributed by atoms with Gasteiger partial charge in [0.05, 0.1) is 4.92 Å². The van der Waals surface area contributed by atoms with Gasteiger partial charge in [-0.15, -0.1) is 0 Å². The molecule has 0 radical (unpaired) electrons. The maximum atomic E-state index is 11.2. The van der Waals surface area contributed by atoms with E-state index in [-0.39, 0.29) is 29.5 Å². The fourth-order valence-electron chi connectivity index (χ4n) is 4.04. The average Bonchev–Trinajstić information content (AvgIpc) is 2.70. The highest BCUT2D eigenvalue weighted by molar-refractivity contribution is 5.46. The van der Waals surface area contributed by atoms with E-state index in [0.29, 0.717) is 29.8 Å². The molecule has 32 heavy (non-hydrogen) atoms. The molecule has 0 saturated carbocycles. The Bertz CT molecular complexity index is 1110. The number of nitro groups is 1. The van der Waals surface area contributed by atoms with E-state index < -0.39 is 4.92 Å². The first kappa shape index (κ1) is 23.1. The molecule has 0 unspecified atom stereocenters. The van der Waals surface area contributed by atoms with Crippen molar-refractivity contribution in [2.24, 2.45) is 0 Å². The summed E-state index contributed by atoms with van der Waals surface area (Å²) in [7, 11) is 0. The number of phenolic OH excluding ortho intramolecular Hbond substituents is 3. The molecule has 3 aromatic carbocycles. The van der Waals surface area contributed by atoms with Crippen molar-refractivity contribution in [3.05, 3.63) is 91.5 Å². The second-order valence-corrected chi connectivity index (χ2v) is 8.39. The Labute approximate surface area is 187 Å². The zero-order valence-corrected chi connectivity index (χ0v) is 18.7. The summed E-state index contributed by atoms with van der Waals surface area (Å²) in [5, 5.41) is 42.8. The fraction of sp³-hybridized carbons (Fsp3) is 0.280. The van der Waals surface area contributed by atoms with Crippen LogP contribution in [0.25, 0.3) is 0 Å². The summed E-state index contributed by atoms with van der Waals surface area (Å²) in [5.41, 5.74) is 5.21. The van der Waals surface area contributed by atoms with Gasteiger partial charge in [-0.2, -0.15) is 0 Å². The Balaban J connectivity index is 2.02. The van der Waals surface area contributed by atoms with Gasteiger partial charge in [-0.05, 0) is 44.9 Å². The molecule has 7 heteroatoms. The number of rotatable bonds is 7. The summed E-state index contributed by atoms with van der Waals surface area (Å²) in [6.45, 7) is 8.39. The maximum absolute atomic E-state index is 11.2. The quantitative estimate of drug-likeness (QED) is 0.349. The SMILES string of the molecule is Cc1cc(C)c(O)c(CN(Cc2cc([N+](=O)[O-])ccc2O)Cc2cc(C)cc(C)c2O)c1. The van der Waals surface area contributed by atoms with Crippen LogP contribution < -0.4 is 0 Å². The fourth-order valence-corrected chi connectivity index (χ4v) is 4.04. The summed E-state index contributed by atoms with van der Waals surface area (Å²) in [4.78, 5) is 12.6. The lowest BCUT2D eigenvalue weighted by molar-refractivity contribution is -0.385. The number of nitro benzene ring substituents is 1. The van der Waals surface area contributed by atoms with Gasteiger partial charge in [0.2, 0.25) is 0 Å². The van der Waals surface area contributed by atoms with Crippen molar-refractivity contribution in [1.29, 1.82) is 0 Å². The summed E-state index contributed by atoms with van der Waals surface area (Å²) in [6.07, 6.45) is 0. The first-order valence-electron chi connectivity index (χ1n) is 10.3. The highest BCUT2D eigenvalue weighted by Crippen LogP contribution is 2.31. The van der Waals surface area contributed by atoms with Crippen LogP contribution in [0.5, 0.6) is 17.2 Å². The van der Waals surface area contributed by atoms with Crippen molar-refractivity contribution in [1.82, 2.24) is 4.90 Å². The smallest absolute Gasteiger partial charge is 0.270 e. The third-order valence-electron chi connectivity index (χ3n) is 5.50. The topological polar surface area (TPSA) is 107 Å². The molecule has 0 spiro atoms. The lowest BCUT2D eigenvalue weighted by atomic mass is 10.0. The molecule has 0 heterocycles. The highest BCUT2D eigenvalue weighted by atomic mass is 16.6. The summed E-state index contributed by atoms with van der Waals surface area (Å²) >= 11 is 0.